The van der Waals surface area contributed by atoms with Crippen LogP contribution in [-0.4, -0.2) is 7.05 Å². The highest BCUT2D eigenvalue weighted by atomic mass is 19.1. The van der Waals surface area contributed by atoms with E-state index in [2.05, 4.69) is 18.3 Å². The fourth-order valence-corrected chi connectivity index (χ4v) is 3.10. The zero-order valence-electron chi connectivity index (χ0n) is 11.0. The first kappa shape index (κ1) is 12.6. The molecular weight excluding hydrogens is 213 g/mol. The van der Waals surface area contributed by atoms with Crippen LogP contribution in [0, 0.1) is 24.6 Å². The third-order valence-corrected chi connectivity index (χ3v) is 4.22. The summed E-state index contributed by atoms with van der Waals surface area (Å²) >= 11 is 0. The predicted octanol–water partition coefficient (Wildman–Crippen LogP) is 3.83. The highest BCUT2D eigenvalue weighted by Gasteiger charge is 2.31. The molecule has 17 heavy (non-hydrogen) atoms. The van der Waals surface area contributed by atoms with Crippen LogP contribution in [0.15, 0.2) is 18.2 Å². The van der Waals surface area contributed by atoms with Crippen molar-refractivity contribution in [2.45, 2.75) is 39.2 Å². The molecule has 1 aromatic carbocycles. The maximum absolute atomic E-state index is 13.6. The maximum Gasteiger partial charge on any atom is 0.126 e. The minimum absolute atomic E-state index is 0.0894. The lowest BCUT2D eigenvalue weighted by atomic mass is 9.86. The van der Waals surface area contributed by atoms with Crippen LogP contribution in [0.1, 0.15) is 43.4 Å². The number of rotatable bonds is 3. The summed E-state index contributed by atoms with van der Waals surface area (Å²) in [7, 11) is 1.98. The first-order valence-electron chi connectivity index (χ1n) is 6.56. The molecule has 3 atom stereocenters. The molecule has 1 nitrogen and oxygen atoms in total. The van der Waals surface area contributed by atoms with Gasteiger partial charge in [-0.1, -0.05) is 31.9 Å². The Kier molecular flexibility index (Phi) is 3.82. The Morgan fingerprint density at radius 2 is 2.12 bits per heavy atom. The highest BCUT2D eigenvalue weighted by Crippen LogP contribution is 2.40. The monoisotopic (exact) mass is 235 g/mol. The topological polar surface area (TPSA) is 12.0 Å². The van der Waals surface area contributed by atoms with Gasteiger partial charge in [-0.05, 0) is 49.4 Å². The van der Waals surface area contributed by atoms with Gasteiger partial charge in [0.2, 0.25) is 0 Å². The van der Waals surface area contributed by atoms with E-state index in [0.29, 0.717) is 12.0 Å². The van der Waals surface area contributed by atoms with Crippen molar-refractivity contribution < 1.29 is 4.39 Å². The van der Waals surface area contributed by atoms with Crippen LogP contribution in [0.2, 0.25) is 0 Å². The Labute approximate surface area is 103 Å². The van der Waals surface area contributed by atoms with E-state index in [1.54, 1.807) is 6.07 Å². The molecule has 0 saturated heterocycles. The molecule has 0 aliphatic heterocycles. The average Bonchev–Trinajstić information content (AvgIpc) is 2.71. The molecule has 0 heterocycles. The summed E-state index contributed by atoms with van der Waals surface area (Å²) < 4.78 is 13.6. The van der Waals surface area contributed by atoms with Crippen LogP contribution in [0.25, 0.3) is 0 Å². The molecule has 1 aliphatic rings. The molecule has 3 unspecified atom stereocenters. The largest absolute Gasteiger partial charge is 0.313 e. The van der Waals surface area contributed by atoms with Crippen molar-refractivity contribution >= 4 is 0 Å². The van der Waals surface area contributed by atoms with E-state index < -0.39 is 0 Å². The second-order valence-electron chi connectivity index (χ2n) is 5.35. The minimum atomic E-state index is -0.0894. The molecule has 2 rings (SSSR count). The van der Waals surface area contributed by atoms with Crippen molar-refractivity contribution in [1.29, 1.82) is 0 Å². The minimum Gasteiger partial charge on any atom is -0.313 e. The van der Waals surface area contributed by atoms with E-state index in [0.717, 1.165) is 17.0 Å². The van der Waals surface area contributed by atoms with Crippen molar-refractivity contribution in [2.75, 3.05) is 7.05 Å². The fraction of sp³-hybridized carbons (Fsp3) is 0.600. The van der Waals surface area contributed by atoms with Gasteiger partial charge in [0, 0.05) is 6.04 Å². The molecule has 2 heteroatoms. The molecular formula is C15H22FN. The van der Waals surface area contributed by atoms with Crippen molar-refractivity contribution in [3.05, 3.63) is 35.1 Å². The molecule has 0 bridgehead atoms. The maximum atomic E-state index is 13.6. The average molecular weight is 235 g/mol. The number of aryl methyl sites for hydroxylation is 1. The Bertz CT molecular complexity index is 389. The van der Waals surface area contributed by atoms with Gasteiger partial charge in [-0.2, -0.15) is 0 Å². The number of hydrogen-bond donors (Lipinski definition) is 1. The number of halogens is 1. The van der Waals surface area contributed by atoms with E-state index in [1.807, 2.05) is 20.0 Å². The van der Waals surface area contributed by atoms with Gasteiger partial charge in [-0.25, -0.2) is 4.39 Å². The number of hydrogen-bond acceptors (Lipinski definition) is 1. The number of benzene rings is 1. The third kappa shape index (κ3) is 2.52. The fourth-order valence-electron chi connectivity index (χ4n) is 3.10. The van der Waals surface area contributed by atoms with Gasteiger partial charge in [0.05, 0.1) is 0 Å². The Morgan fingerprint density at radius 3 is 2.65 bits per heavy atom. The van der Waals surface area contributed by atoms with Crippen LogP contribution >= 0.6 is 0 Å². The summed E-state index contributed by atoms with van der Waals surface area (Å²) in [5.74, 6) is 1.28. The van der Waals surface area contributed by atoms with Crippen LogP contribution < -0.4 is 5.32 Å². The van der Waals surface area contributed by atoms with Gasteiger partial charge in [-0.3, -0.25) is 0 Å². The van der Waals surface area contributed by atoms with Crippen LogP contribution in [0.4, 0.5) is 4.39 Å². The molecule has 1 N–H and O–H groups in total. The zero-order chi connectivity index (χ0) is 12.4. The van der Waals surface area contributed by atoms with Gasteiger partial charge in [0.1, 0.15) is 5.82 Å². The summed E-state index contributed by atoms with van der Waals surface area (Å²) in [4.78, 5) is 0. The molecule has 0 radical (unpaired) electrons. The molecule has 1 aliphatic carbocycles. The highest BCUT2D eigenvalue weighted by molar-refractivity contribution is 5.26. The van der Waals surface area contributed by atoms with E-state index in [4.69, 9.17) is 0 Å². The smallest absolute Gasteiger partial charge is 0.126 e. The lowest BCUT2D eigenvalue weighted by Crippen LogP contribution is -2.27. The molecule has 1 fully saturated rings. The third-order valence-electron chi connectivity index (χ3n) is 4.22. The van der Waals surface area contributed by atoms with Gasteiger partial charge in [0.15, 0.2) is 0 Å². The van der Waals surface area contributed by atoms with Crippen molar-refractivity contribution in [1.82, 2.24) is 5.32 Å². The Hall–Kier alpha value is -0.890. The zero-order valence-corrected chi connectivity index (χ0v) is 11.0. The standard InChI is InChI=1S/C15H22FN/c1-10-5-4-6-13(10)15(17-3)12-8-7-11(2)14(16)9-12/h7-10,13,15,17H,4-6H2,1-3H3. The summed E-state index contributed by atoms with van der Waals surface area (Å²) in [5, 5.41) is 3.37. The molecule has 0 amide bonds. The summed E-state index contributed by atoms with van der Waals surface area (Å²) in [6.45, 7) is 4.12. The van der Waals surface area contributed by atoms with Crippen molar-refractivity contribution in [3.63, 3.8) is 0 Å². The second kappa shape index (κ2) is 5.18. The van der Waals surface area contributed by atoms with Crippen molar-refractivity contribution in [2.24, 2.45) is 11.8 Å². The van der Waals surface area contributed by atoms with Crippen LogP contribution in [0.3, 0.4) is 0 Å². The number of nitrogens with one attached hydrogen (secondary N) is 1. The molecule has 1 saturated carbocycles. The quantitative estimate of drug-likeness (QED) is 0.839. The van der Waals surface area contributed by atoms with E-state index >= 15 is 0 Å². The SMILES string of the molecule is CNC(c1ccc(C)c(F)c1)C1CCCC1C. The van der Waals surface area contributed by atoms with Gasteiger partial charge in [0.25, 0.3) is 0 Å². The lowest BCUT2D eigenvalue weighted by Gasteiger charge is -2.27. The second-order valence-corrected chi connectivity index (χ2v) is 5.35. The molecule has 1 aromatic rings. The first-order chi connectivity index (χ1) is 8.13. The lowest BCUT2D eigenvalue weighted by molar-refractivity contribution is 0.315. The summed E-state index contributed by atoms with van der Waals surface area (Å²) in [6.07, 6.45) is 3.86. The van der Waals surface area contributed by atoms with Gasteiger partial charge < -0.3 is 5.32 Å². The van der Waals surface area contributed by atoms with E-state index in [9.17, 15) is 4.39 Å². The van der Waals surface area contributed by atoms with Crippen LogP contribution in [0.5, 0.6) is 0 Å². The Balaban J connectivity index is 2.25. The first-order valence-corrected chi connectivity index (χ1v) is 6.56. The molecule has 94 valence electrons. The normalized spacial score (nSPS) is 26.1. The summed E-state index contributed by atoms with van der Waals surface area (Å²) in [6, 6.07) is 5.93. The summed E-state index contributed by atoms with van der Waals surface area (Å²) in [5.41, 5.74) is 1.82. The predicted molar refractivity (Wildman–Crippen MR) is 69.4 cm³/mol. The van der Waals surface area contributed by atoms with Gasteiger partial charge >= 0.3 is 0 Å². The molecule has 0 spiro atoms. The van der Waals surface area contributed by atoms with Crippen molar-refractivity contribution in [3.8, 4) is 0 Å². The van der Waals surface area contributed by atoms with Crippen LogP contribution in [-0.2, 0) is 0 Å². The molecule has 0 aromatic heterocycles. The van der Waals surface area contributed by atoms with Gasteiger partial charge in [-0.15, -0.1) is 0 Å². The Morgan fingerprint density at radius 1 is 1.35 bits per heavy atom. The van der Waals surface area contributed by atoms with E-state index in [1.165, 1.54) is 19.3 Å². The van der Waals surface area contributed by atoms with E-state index in [-0.39, 0.29) is 5.82 Å².